The molecule has 0 aromatic heterocycles. The Morgan fingerprint density at radius 1 is 1.29 bits per heavy atom. The molecule has 0 radical (unpaired) electrons. The lowest BCUT2D eigenvalue weighted by atomic mass is 10.1. The molecule has 0 bridgehead atoms. The first-order valence-electron chi connectivity index (χ1n) is 6.44. The fourth-order valence-electron chi connectivity index (χ4n) is 1.99. The Morgan fingerprint density at radius 3 is 2.62 bits per heavy atom. The van der Waals surface area contributed by atoms with Gasteiger partial charge in [-0.3, -0.25) is 4.79 Å². The van der Waals surface area contributed by atoms with E-state index in [-0.39, 0.29) is 29.6 Å². The number of aryl methyl sites for hydroxylation is 1. The molecule has 0 aliphatic rings. The van der Waals surface area contributed by atoms with E-state index in [9.17, 15) is 14.3 Å². The molecule has 0 spiro atoms. The smallest absolute Gasteiger partial charge is 0.253 e. The molecule has 0 heterocycles. The minimum Gasteiger partial charge on any atom is -0.392 e. The van der Waals surface area contributed by atoms with Crippen molar-refractivity contribution in [3.05, 3.63) is 69.5 Å². The normalized spacial score (nSPS) is 10.5. The molecular weight excluding hydrogens is 293 g/mol. The Bertz CT molecular complexity index is 673. The third-order valence-corrected chi connectivity index (χ3v) is 3.53. The number of aliphatic hydroxyl groups is 1. The van der Waals surface area contributed by atoms with Crippen LogP contribution in [0.3, 0.4) is 0 Å². The number of halogens is 2. The SMILES string of the molecule is Cc1cc(C(=O)NCc2ccccc2CO)c(Cl)cc1F. The van der Waals surface area contributed by atoms with Crippen molar-refractivity contribution < 1.29 is 14.3 Å². The summed E-state index contributed by atoms with van der Waals surface area (Å²) in [6, 6.07) is 9.81. The van der Waals surface area contributed by atoms with Crippen LogP contribution in [0.25, 0.3) is 0 Å². The summed E-state index contributed by atoms with van der Waals surface area (Å²) in [5.74, 6) is -0.821. The van der Waals surface area contributed by atoms with Crippen molar-refractivity contribution in [1.29, 1.82) is 0 Å². The number of carbonyl (C=O) groups excluding carboxylic acids is 1. The van der Waals surface area contributed by atoms with Crippen molar-refractivity contribution >= 4 is 17.5 Å². The van der Waals surface area contributed by atoms with Crippen molar-refractivity contribution in [2.24, 2.45) is 0 Å². The van der Waals surface area contributed by atoms with Crippen molar-refractivity contribution in [1.82, 2.24) is 5.32 Å². The van der Waals surface area contributed by atoms with Gasteiger partial charge in [0.2, 0.25) is 0 Å². The molecule has 0 saturated heterocycles. The zero-order valence-corrected chi connectivity index (χ0v) is 12.2. The second-order valence-electron chi connectivity index (χ2n) is 4.69. The quantitative estimate of drug-likeness (QED) is 0.911. The number of aliphatic hydroxyl groups excluding tert-OH is 1. The van der Waals surface area contributed by atoms with Crippen LogP contribution in [0, 0.1) is 12.7 Å². The number of benzene rings is 2. The molecule has 0 fully saturated rings. The van der Waals surface area contributed by atoms with Gasteiger partial charge in [0.15, 0.2) is 0 Å². The minimum absolute atomic E-state index is 0.0750. The predicted octanol–water partition coefficient (Wildman–Crippen LogP) is 3.21. The van der Waals surface area contributed by atoms with Crippen molar-refractivity contribution in [3.8, 4) is 0 Å². The number of rotatable bonds is 4. The van der Waals surface area contributed by atoms with Crippen LogP contribution in [0.5, 0.6) is 0 Å². The minimum atomic E-state index is -0.442. The van der Waals surface area contributed by atoms with Crippen molar-refractivity contribution in [2.75, 3.05) is 0 Å². The average molecular weight is 308 g/mol. The molecule has 2 aromatic rings. The third-order valence-electron chi connectivity index (χ3n) is 3.22. The van der Waals surface area contributed by atoms with E-state index in [0.717, 1.165) is 17.2 Å². The van der Waals surface area contributed by atoms with Gasteiger partial charge in [0.1, 0.15) is 5.82 Å². The first-order valence-corrected chi connectivity index (χ1v) is 6.82. The first kappa shape index (κ1) is 15.5. The van der Waals surface area contributed by atoms with Gasteiger partial charge in [-0.1, -0.05) is 35.9 Å². The van der Waals surface area contributed by atoms with E-state index >= 15 is 0 Å². The van der Waals surface area contributed by atoms with Crippen molar-refractivity contribution in [2.45, 2.75) is 20.1 Å². The Labute approximate surface area is 127 Å². The molecule has 2 N–H and O–H groups in total. The maximum Gasteiger partial charge on any atom is 0.253 e. The number of hydrogen-bond donors (Lipinski definition) is 2. The summed E-state index contributed by atoms with van der Waals surface area (Å²) < 4.78 is 13.3. The summed E-state index contributed by atoms with van der Waals surface area (Å²) in [6.45, 7) is 1.74. The Kier molecular flexibility index (Phi) is 4.94. The van der Waals surface area contributed by atoms with Crippen LogP contribution in [0.2, 0.25) is 5.02 Å². The average Bonchev–Trinajstić information content (AvgIpc) is 2.48. The highest BCUT2D eigenvalue weighted by molar-refractivity contribution is 6.33. The fraction of sp³-hybridized carbons (Fsp3) is 0.188. The Hall–Kier alpha value is -1.91. The van der Waals surface area contributed by atoms with E-state index in [1.165, 1.54) is 6.07 Å². The number of carbonyl (C=O) groups is 1. The van der Waals surface area contributed by atoms with E-state index in [0.29, 0.717) is 5.56 Å². The molecule has 2 rings (SSSR count). The maximum atomic E-state index is 13.3. The molecule has 21 heavy (non-hydrogen) atoms. The largest absolute Gasteiger partial charge is 0.392 e. The van der Waals surface area contributed by atoms with E-state index < -0.39 is 5.82 Å². The van der Waals surface area contributed by atoms with E-state index in [4.69, 9.17) is 11.6 Å². The number of amides is 1. The van der Waals surface area contributed by atoms with Gasteiger partial charge >= 0.3 is 0 Å². The van der Waals surface area contributed by atoms with Gasteiger partial charge in [-0.05, 0) is 35.7 Å². The van der Waals surface area contributed by atoms with Gasteiger partial charge in [0, 0.05) is 6.54 Å². The zero-order chi connectivity index (χ0) is 15.4. The van der Waals surface area contributed by atoms with Gasteiger partial charge in [-0.2, -0.15) is 0 Å². The Morgan fingerprint density at radius 2 is 1.95 bits per heavy atom. The van der Waals surface area contributed by atoms with Gasteiger partial charge in [0.05, 0.1) is 17.2 Å². The molecule has 0 aliphatic heterocycles. The molecule has 0 saturated carbocycles. The summed E-state index contributed by atoms with van der Waals surface area (Å²) in [5.41, 5.74) is 2.17. The summed E-state index contributed by atoms with van der Waals surface area (Å²) >= 11 is 5.90. The van der Waals surface area contributed by atoms with Crippen LogP contribution in [-0.4, -0.2) is 11.0 Å². The monoisotopic (exact) mass is 307 g/mol. The van der Waals surface area contributed by atoms with Crippen LogP contribution in [-0.2, 0) is 13.2 Å². The molecule has 5 heteroatoms. The maximum absolute atomic E-state index is 13.3. The molecule has 110 valence electrons. The number of nitrogens with one attached hydrogen (secondary N) is 1. The topological polar surface area (TPSA) is 49.3 Å². The van der Waals surface area contributed by atoms with Crippen LogP contribution in [0.15, 0.2) is 36.4 Å². The Balaban J connectivity index is 2.14. The molecule has 0 unspecified atom stereocenters. The van der Waals surface area contributed by atoms with Crippen LogP contribution >= 0.6 is 11.6 Å². The predicted molar refractivity (Wildman–Crippen MR) is 79.7 cm³/mol. The lowest BCUT2D eigenvalue weighted by molar-refractivity contribution is 0.0950. The highest BCUT2D eigenvalue weighted by atomic mass is 35.5. The van der Waals surface area contributed by atoms with Crippen LogP contribution < -0.4 is 5.32 Å². The standard InChI is InChI=1S/C16H15ClFNO2/c1-10-6-13(14(17)7-15(10)18)16(21)19-8-11-4-2-3-5-12(11)9-20/h2-7,20H,8-9H2,1H3,(H,19,21). The molecular formula is C16H15ClFNO2. The van der Waals surface area contributed by atoms with Crippen LogP contribution in [0.1, 0.15) is 27.0 Å². The molecule has 0 aliphatic carbocycles. The highest BCUT2D eigenvalue weighted by Crippen LogP contribution is 2.20. The van der Waals surface area contributed by atoms with Gasteiger partial charge in [0.25, 0.3) is 5.91 Å². The van der Waals surface area contributed by atoms with Gasteiger partial charge < -0.3 is 10.4 Å². The first-order chi connectivity index (χ1) is 10.0. The summed E-state index contributed by atoms with van der Waals surface area (Å²) in [7, 11) is 0. The summed E-state index contributed by atoms with van der Waals surface area (Å²) in [4.78, 5) is 12.1. The van der Waals surface area contributed by atoms with Gasteiger partial charge in [-0.25, -0.2) is 4.39 Å². The van der Waals surface area contributed by atoms with E-state index in [1.54, 1.807) is 13.0 Å². The zero-order valence-electron chi connectivity index (χ0n) is 11.5. The second-order valence-corrected chi connectivity index (χ2v) is 5.10. The summed E-state index contributed by atoms with van der Waals surface area (Å²) in [6.07, 6.45) is 0. The van der Waals surface area contributed by atoms with Crippen LogP contribution in [0.4, 0.5) is 4.39 Å². The molecule has 1 amide bonds. The molecule has 2 aromatic carbocycles. The lowest BCUT2D eigenvalue weighted by Crippen LogP contribution is -2.24. The second kappa shape index (κ2) is 6.70. The van der Waals surface area contributed by atoms with Crippen molar-refractivity contribution in [3.63, 3.8) is 0 Å². The van der Waals surface area contributed by atoms with Gasteiger partial charge in [-0.15, -0.1) is 0 Å². The van der Waals surface area contributed by atoms with E-state index in [1.807, 2.05) is 18.2 Å². The third kappa shape index (κ3) is 3.60. The lowest BCUT2D eigenvalue weighted by Gasteiger charge is -2.10. The molecule has 3 nitrogen and oxygen atoms in total. The summed E-state index contributed by atoms with van der Waals surface area (Å²) in [5, 5.41) is 12.0. The highest BCUT2D eigenvalue weighted by Gasteiger charge is 2.13. The molecule has 0 atom stereocenters. The number of hydrogen-bond acceptors (Lipinski definition) is 2. The van der Waals surface area contributed by atoms with E-state index in [2.05, 4.69) is 5.32 Å². The fourth-order valence-corrected chi connectivity index (χ4v) is 2.22.